The van der Waals surface area contributed by atoms with Crippen LogP contribution in [0.2, 0.25) is 0 Å². The minimum atomic E-state index is -0.875. The second kappa shape index (κ2) is 17.9. The highest BCUT2D eigenvalue weighted by Crippen LogP contribution is 2.26. The van der Waals surface area contributed by atoms with Crippen molar-refractivity contribution in [2.24, 2.45) is 10.9 Å². The van der Waals surface area contributed by atoms with E-state index in [0.717, 1.165) is 12.0 Å². The third-order valence-corrected chi connectivity index (χ3v) is 9.15. The van der Waals surface area contributed by atoms with Gasteiger partial charge in [0.1, 0.15) is 23.4 Å². The molecule has 2 saturated heterocycles. The van der Waals surface area contributed by atoms with E-state index in [1.807, 2.05) is 35.2 Å². The molecule has 13 heteroatoms. The third kappa shape index (κ3) is 10.7. The Morgan fingerprint density at radius 2 is 1.86 bits per heavy atom. The monoisotopic (exact) mass is 691 g/mol. The minimum Gasteiger partial charge on any atom is -0.444 e. The van der Waals surface area contributed by atoms with Gasteiger partial charge in [0.15, 0.2) is 0 Å². The fourth-order valence-electron chi connectivity index (χ4n) is 6.19. The molecule has 13 nitrogen and oxygen atoms in total. The molecular weight excluding hydrogens is 638 g/mol. The van der Waals surface area contributed by atoms with Crippen molar-refractivity contribution in [3.05, 3.63) is 71.7 Å². The number of likely N-dealkylation sites (N-methyl/N-ethyl adjacent to an activating group) is 1. The summed E-state index contributed by atoms with van der Waals surface area (Å²) in [6.07, 6.45) is 7.69. The van der Waals surface area contributed by atoms with Crippen LogP contribution in [-0.2, 0) is 30.3 Å². The molecule has 0 unspecified atom stereocenters. The highest BCUT2D eigenvalue weighted by atomic mass is 16.6. The van der Waals surface area contributed by atoms with E-state index in [1.54, 1.807) is 64.1 Å². The predicted molar refractivity (Wildman–Crippen MR) is 188 cm³/mol. The zero-order valence-electron chi connectivity index (χ0n) is 30.3. The van der Waals surface area contributed by atoms with Crippen LogP contribution in [0.1, 0.15) is 65.9 Å². The number of H-pyrrole nitrogens is 1. The Morgan fingerprint density at radius 3 is 2.50 bits per heavy atom. The molecule has 0 spiro atoms. The number of nitrogens with zero attached hydrogens (tertiary/aromatic N) is 5. The van der Waals surface area contributed by atoms with Crippen molar-refractivity contribution in [3.8, 4) is 0 Å². The number of aromatic amines is 1. The number of ether oxygens (including phenoxy) is 2. The van der Waals surface area contributed by atoms with Gasteiger partial charge in [0, 0.05) is 58.3 Å². The number of amides is 4. The quantitative estimate of drug-likeness (QED) is 0.324. The SMILES string of the molecule is C/C=C(\N=c1\nccc[nH]1)C(=O)N(CCc1ccccc1)C[C@@H]1CCCN1C(=O)[C@@H](NC(=O)[C@H](C)N(C)C(=O)OC(C)(C)C)C1CCOCC1. The van der Waals surface area contributed by atoms with Crippen LogP contribution in [0.25, 0.3) is 0 Å². The second-order valence-corrected chi connectivity index (χ2v) is 13.9. The smallest absolute Gasteiger partial charge is 0.410 e. The summed E-state index contributed by atoms with van der Waals surface area (Å²) in [7, 11) is 1.51. The summed E-state index contributed by atoms with van der Waals surface area (Å²) < 4.78 is 11.1. The summed E-state index contributed by atoms with van der Waals surface area (Å²) in [5, 5.41) is 3.01. The van der Waals surface area contributed by atoms with Crippen LogP contribution in [0.15, 0.2) is 65.6 Å². The molecule has 272 valence electrons. The number of benzene rings is 1. The normalized spacial score (nSPS) is 18.7. The van der Waals surface area contributed by atoms with Crippen LogP contribution < -0.4 is 10.9 Å². The lowest BCUT2D eigenvalue weighted by Crippen LogP contribution is -2.58. The standard InChI is InChI=1S/C37H53N7O6/c1-7-30(40-35-38-19-12-20-39-35)33(46)43(22-16-27-13-9-8-10-14-27)25-29-15-11-21-44(29)34(47)31(28-17-23-49-24-18-28)41-32(45)26(2)42(6)36(48)50-37(3,4)5/h7-10,12-14,19-20,26,28-29,31H,11,15-18,21-25H2,1-6H3,(H,41,45)(H,38,39,40)/b30-7-/t26-,29-,31-/m0/s1. The van der Waals surface area contributed by atoms with Crippen molar-refractivity contribution < 1.29 is 28.7 Å². The molecule has 4 amide bonds. The summed E-state index contributed by atoms with van der Waals surface area (Å²) in [5.41, 5.74) is 0.937. The largest absolute Gasteiger partial charge is 0.444 e. The number of aromatic nitrogens is 2. The van der Waals surface area contributed by atoms with Crippen molar-refractivity contribution in [2.75, 3.05) is 39.9 Å². The maximum atomic E-state index is 14.5. The molecule has 3 heterocycles. The van der Waals surface area contributed by atoms with Crippen molar-refractivity contribution in [1.82, 2.24) is 30.0 Å². The molecule has 3 atom stereocenters. The van der Waals surface area contributed by atoms with Crippen molar-refractivity contribution in [2.45, 2.75) is 90.4 Å². The number of nitrogens with one attached hydrogen (secondary N) is 2. The fraction of sp³-hybridized carbons (Fsp3) is 0.568. The Kier molecular flexibility index (Phi) is 13.7. The molecule has 0 radical (unpaired) electrons. The van der Waals surface area contributed by atoms with Gasteiger partial charge in [-0.3, -0.25) is 19.3 Å². The number of carbonyl (C=O) groups excluding carboxylic acids is 4. The van der Waals surface area contributed by atoms with Crippen molar-refractivity contribution in [3.63, 3.8) is 0 Å². The average molecular weight is 692 g/mol. The molecule has 1 aromatic carbocycles. The van der Waals surface area contributed by atoms with Crippen LogP contribution in [0.5, 0.6) is 0 Å². The van der Waals surface area contributed by atoms with E-state index in [2.05, 4.69) is 20.3 Å². The first-order chi connectivity index (χ1) is 23.9. The highest BCUT2D eigenvalue weighted by Gasteiger charge is 2.40. The molecule has 2 aromatic rings. The van der Waals surface area contributed by atoms with Gasteiger partial charge in [-0.05, 0) is 84.3 Å². The van der Waals surface area contributed by atoms with Crippen LogP contribution in [0.4, 0.5) is 4.79 Å². The number of likely N-dealkylation sites (tertiary alicyclic amines) is 1. The molecule has 0 aliphatic carbocycles. The zero-order chi connectivity index (χ0) is 36.3. The summed E-state index contributed by atoms with van der Waals surface area (Å²) in [6, 6.07) is 9.75. The third-order valence-electron chi connectivity index (χ3n) is 9.15. The van der Waals surface area contributed by atoms with E-state index < -0.39 is 29.7 Å². The Morgan fingerprint density at radius 1 is 1.14 bits per heavy atom. The molecule has 2 N–H and O–H groups in total. The van der Waals surface area contributed by atoms with E-state index in [4.69, 9.17) is 9.47 Å². The maximum absolute atomic E-state index is 14.5. The Labute approximate surface area is 295 Å². The maximum Gasteiger partial charge on any atom is 0.410 e. The topological polar surface area (TPSA) is 150 Å². The van der Waals surface area contributed by atoms with E-state index in [-0.39, 0.29) is 29.5 Å². The first-order valence-electron chi connectivity index (χ1n) is 17.6. The molecule has 0 saturated carbocycles. The molecular formula is C37H53N7O6. The van der Waals surface area contributed by atoms with Gasteiger partial charge in [0.05, 0.1) is 0 Å². The van der Waals surface area contributed by atoms with E-state index in [0.29, 0.717) is 64.1 Å². The minimum absolute atomic E-state index is 0.139. The molecule has 4 rings (SSSR count). The molecule has 2 aliphatic rings. The number of hydrogen-bond acceptors (Lipinski definition) is 8. The summed E-state index contributed by atoms with van der Waals surface area (Å²) >= 11 is 0. The van der Waals surface area contributed by atoms with Gasteiger partial charge in [-0.1, -0.05) is 36.4 Å². The number of rotatable bonds is 12. The van der Waals surface area contributed by atoms with Crippen LogP contribution in [-0.4, -0.2) is 112 Å². The summed E-state index contributed by atoms with van der Waals surface area (Å²) in [4.78, 5) is 71.4. The molecule has 50 heavy (non-hydrogen) atoms. The van der Waals surface area contributed by atoms with Crippen LogP contribution in [0.3, 0.4) is 0 Å². The summed E-state index contributed by atoms with van der Waals surface area (Å²) in [5.74, 6) is -1.02. The fourth-order valence-corrected chi connectivity index (χ4v) is 6.19. The Balaban J connectivity index is 1.55. The van der Waals surface area contributed by atoms with Crippen LogP contribution >= 0.6 is 0 Å². The van der Waals surface area contributed by atoms with E-state index in [1.165, 1.54) is 11.9 Å². The zero-order valence-corrected chi connectivity index (χ0v) is 30.3. The van der Waals surface area contributed by atoms with Crippen molar-refractivity contribution >= 4 is 23.8 Å². The van der Waals surface area contributed by atoms with Gasteiger partial charge in [-0.2, -0.15) is 0 Å². The lowest BCUT2D eigenvalue weighted by molar-refractivity contribution is -0.141. The molecule has 1 aromatic heterocycles. The first kappa shape index (κ1) is 38.3. The Hall–Kier alpha value is -4.52. The van der Waals surface area contributed by atoms with Gasteiger partial charge < -0.3 is 29.6 Å². The summed E-state index contributed by atoms with van der Waals surface area (Å²) in [6.45, 7) is 10.9. The number of carbonyl (C=O) groups is 4. The van der Waals surface area contributed by atoms with E-state index >= 15 is 0 Å². The average Bonchev–Trinajstić information content (AvgIpc) is 3.58. The van der Waals surface area contributed by atoms with Gasteiger partial charge in [0.25, 0.3) is 5.91 Å². The highest BCUT2D eigenvalue weighted by molar-refractivity contribution is 5.93. The number of hydrogen-bond donors (Lipinski definition) is 2. The predicted octanol–water partition coefficient (Wildman–Crippen LogP) is 3.44. The number of allylic oxidation sites excluding steroid dienone is 1. The second-order valence-electron chi connectivity index (χ2n) is 13.9. The molecule has 2 aliphatic heterocycles. The van der Waals surface area contributed by atoms with E-state index in [9.17, 15) is 19.2 Å². The lowest BCUT2D eigenvalue weighted by atomic mass is 9.90. The van der Waals surface area contributed by atoms with Gasteiger partial charge in [-0.15, -0.1) is 0 Å². The Bertz CT molecular complexity index is 1530. The van der Waals surface area contributed by atoms with Crippen LogP contribution in [0, 0.1) is 5.92 Å². The molecule has 2 fully saturated rings. The van der Waals surface area contributed by atoms with Crippen molar-refractivity contribution in [1.29, 1.82) is 0 Å². The van der Waals surface area contributed by atoms with Gasteiger partial charge in [-0.25, -0.2) is 14.8 Å². The first-order valence-corrected chi connectivity index (χ1v) is 17.6. The lowest BCUT2D eigenvalue weighted by Gasteiger charge is -2.37. The molecule has 0 bridgehead atoms. The van der Waals surface area contributed by atoms with Gasteiger partial charge >= 0.3 is 6.09 Å². The van der Waals surface area contributed by atoms with Gasteiger partial charge in [0.2, 0.25) is 17.4 Å².